The standard InChI is InChI=1S/C51H34S/c1-51(2)43-26-13-12-21-36(43)41-30-42-48-35-20-7-6-15-31(35)27-28-44(48)52-50(42)47(49(41)51)34-19-14-18-33(29-34)46-39-24-10-8-22-37(39)45(32-16-4-3-5-17-32)38-23-9-11-25-40(38)46/h3-30H,1-2H3. The molecule has 0 unspecified atom stereocenters. The van der Waals surface area contributed by atoms with E-state index >= 15 is 0 Å². The lowest BCUT2D eigenvalue weighted by atomic mass is 9.78. The Morgan fingerprint density at radius 3 is 1.67 bits per heavy atom. The van der Waals surface area contributed by atoms with E-state index in [9.17, 15) is 0 Å². The van der Waals surface area contributed by atoms with Gasteiger partial charge in [0, 0.05) is 31.2 Å². The molecule has 0 radical (unpaired) electrons. The Hall–Kier alpha value is -6.02. The van der Waals surface area contributed by atoms with Gasteiger partial charge >= 0.3 is 0 Å². The smallest absolute Gasteiger partial charge is 0.0437 e. The van der Waals surface area contributed by atoms with Crippen molar-refractivity contribution in [3.8, 4) is 44.5 Å². The van der Waals surface area contributed by atoms with Crippen molar-refractivity contribution >= 4 is 63.8 Å². The maximum atomic E-state index is 2.51. The fraction of sp³-hybridized carbons (Fsp3) is 0.0588. The Bertz CT molecular complexity index is 3030. The second-order valence-electron chi connectivity index (χ2n) is 14.8. The zero-order valence-electron chi connectivity index (χ0n) is 29.1. The molecule has 1 heterocycles. The summed E-state index contributed by atoms with van der Waals surface area (Å²) in [5.74, 6) is 0. The highest BCUT2D eigenvalue weighted by Gasteiger charge is 2.39. The molecule has 0 aliphatic heterocycles. The lowest BCUT2D eigenvalue weighted by molar-refractivity contribution is 0.663. The molecule has 0 bridgehead atoms. The second kappa shape index (κ2) is 11.0. The van der Waals surface area contributed by atoms with Gasteiger partial charge in [0.05, 0.1) is 0 Å². The van der Waals surface area contributed by atoms with E-state index in [0.29, 0.717) is 0 Å². The van der Waals surface area contributed by atoms with E-state index in [1.54, 1.807) is 0 Å². The molecule has 0 amide bonds. The average molecular weight is 679 g/mol. The SMILES string of the molecule is CC1(C)c2ccccc2-c2cc3c(sc4ccc5ccccc5c43)c(-c3cccc(-c4c5ccccc5c(-c5ccccc5)c5ccccc45)c3)c21. The molecule has 0 saturated heterocycles. The van der Waals surface area contributed by atoms with Gasteiger partial charge in [-0.25, -0.2) is 0 Å². The summed E-state index contributed by atoms with van der Waals surface area (Å²) in [6.07, 6.45) is 0. The third kappa shape index (κ3) is 4.09. The van der Waals surface area contributed by atoms with Crippen molar-refractivity contribution in [2.75, 3.05) is 0 Å². The lowest BCUT2D eigenvalue weighted by Gasteiger charge is -2.25. The van der Waals surface area contributed by atoms with Crippen molar-refractivity contribution in [2.45, 2.75) is 19.3 Å². The Labute approximate surface area is 307 Å². The molecule has 0 saturated carbocycles. The van der Waals surface area contributed by atoms with Crippen LogP contribution in [0, 0.1) is 0 Å². The van der Waals surface area contributed by atoms with Gasteiger partial charge in [-0.3, -0.25) is 0 Å². The number of fused-ring (bicyclic) bond motifs is 10. The van der Waals surface area contributed by atoms with Crippen LogP contribution in [0.5, 0.6) is 0 Å². The van der Waals surface area contributed by atoms with E-state index < -0.39 is 0 Å². The second-order valence-corrected chi connectivity index (χ2v) is 15.8. The third-order valence-corrected chi connectivity index (χ3v) is 12.8. The summed E-state index contributed by atoms with van der Waals surface area (Å²) in [5, 5.41) is 10.5. The first-order valence-electron chi connectivity index (χ1n) is 18.2. The van der Waals surface area contributed by atoms with Gasteiger partial charge in [-0.05, 0) is 101 Å². The van der Waals surface area contributed by atoms with Crippen LogP contribution in [-0.4, -0.2) is 0 Å². The minimum Gasteiger partial charge on any atom is -0.134 e. The molecule has 0 atom stereocenters. The van der Waals surface area contributed by atoms with E-state index in [0.717, 1.165) is 0 Å². The number of hydrogen-bond acceptors (Lipinski definition) is 1. The highest BCUT2D eigenvalue weighted by atomic mass is 32.1. The quantitative estimate of drug-likeness (QED) is 0.163. The molecular formula is C51H34S. The highest BCUT2D eigenvalue weighted by molar-refractivity contribution is 7.26. The van der Waals surface area contributed by atoms with Crippen molar-refractivity contribution in [3.63, 3.8) is 0 Å². The maximum Gasteiger partial charge on any atom is 0.0437 e. The first kappa shape index (κ1) is 29.7. The lowest BCUT2D eigenvalue weighted by Crippen LogP contribution is -2.16. The van der Waals surface area contributed by atoms with Gasteiger partial charge in [-0.1, -0.05) is 166 Å². The number of thiophene rings is 1. The maximum absolute atomic E-state index is 2.51. The van der Waals surface area contributed by atoms with Crippen LogP contribution in [-0.2, 0) is 5.41 Å². The number of hydrogen-bond donors (Lipinski definition) is 0. The van der Waals surface area contributed by atoms with Crippen molar-refractivity contribution in [1.82, 2.24) is 0 Å². The molecule has 1 aliphatic carbocycles. The monoisotopic (exact) mass is 678 g/mol. The Kier molecular flexibility index (Phi) is 6.27. The molecular weight excluding hydrogens is 645 g/mol. The molecule has 10 aromatic rings. The van der Waals surface area contributed by atoms with Gasteiger partial charge in [0.2, 0.25) is 0 Å². The van der Waals surface area contributed by atoms with Gasteiger partial charge in [0.15, 0.2) is 0 Å². The highest BCUT2D eigenvalue weighted by Crippen LogP contribution is 2.57. The molecule has 11 rings (SSSR count). The van der Waals surface area contributed by atoms with Crippen molar-refractivity contribution in [3.05, 3.63) is 181 Å². The summed E-state index contributed by atoms with van der Waals surface area (Å²) >= 11 is 1.95. The van der Waals surface area contributed by atoms with E-state index in [-0.39, 0.29) is 5.41 Å². The Morgan fingerprint density at radius 2 is 0.962 bits per heavy atom. The van der Waals surface area contributed by atoms with Crippen LogP contribution in [0.4, 0.5) is 0 Å². The summed E-state index contributed by atoms with van der Waals surface area (Å²) in [5.41, 5.74) is 13.1. The summed E-state index contributed by atoms with van der Waals surface area (Å²) in [7, 11) is 0. The molecule has 0 N–H and O–H groups in total. The Balaban J connectivity index is 1.25. The van der Waals surface area contributed by atoms with E-state index in [1.807, 2.05) is 11.3 Å². The summed E-state index contributed by atoms with van der Waals surface area (Å²) in [6, 6.07) is 63.3. The topological polar surface area (TPSA) is 0 Å². The Morgan fingerprint density at radius 1 is 0.404 bits per heavy atom. The molecule has 0 nitrogen and oxygen atoms in total. The fourth-order valence-corrected chi connectivity index (χ4v) is 10.7. The van der Waals surface area contributed by atoms with Crippen molar-refractivity contribution in [2.24, 2.45) is 0 Å². The van der Waals surface area contributed by atoms with E-state index in [2.05, 4.69) is 184 Å². The van der Waals surface area contributed by atoms with E-state index in [1.165, 1.54) is 108 Å². The average Bonchev–Trinajstić information content (AvgIpc) is 3.68. The molecule has 1 heteroatoms. The van der Waals surface area contributed by atoms with Crippen LogP contribution in [0.15, 0.2) is 170 Å². The molecule has 1 aliphatic rings. The number of benzene rings is 9. The van der Waals surface area contributed by atoms with Crippen LogP contribution in [0.3, 0.4) is 0 Å². The summed E-state index contributed by atoms with van der Waals surface area (Å²) in [6.45, 7) is 4.84. The van der Waals surface area contributed by atoms with Crippen LogP contribution < -0.4 is 0 Å². The molecule has 1 aromatic heterocycles. The van der Waals surface area contributed by atoms with Gasteiger partial charge in [0.25, 0.3) is 0 Å². The van der Waals surface area contributed by atoms with E-state index in [4.69, 9.17) is 0 Å². The minimum absolute atomic E-state index is 0.152. The molecule has 0 fully saturated rings. The predicted octanol–water partition coefficient (Wildman–Crippen LogP) is 14.8. The first-order valence-corrected chi connectivity index (χ1v) is 19.0. The van der Waals surface area contributed by atoms with Crippen LogP contribution in [0.1, 0.15) is 25.0 Å². The van der Waals surface area contributed by atoms with Crippen LogP contribution in [0.2, 0.25) is 0 Å². The molecule has 244 valence electrons. The predicted molar refractivity (Wildman–Crippen MR) is 226 cm³/mol. The van der Waals surface area contributed by atoms with Crippen molar-refractivity contribution < 1.29 is 0 Å². The molecule has 0 spiro atoms. The van der Waals surface area contributed by atoms with Gasteiger partial charge < -0.3 is 0 Å². The largest absolute Gasteiger partial charge is 0.134 e. The minimum atomic E-state index is -0.152. The van der Waals surface area contributed by atoms with Gasteiger partial charge in [-0.15, -0.1) is 11.3 Å². The molecule has 52 heavy (non-hydrogen) atoms. The van der Waals surface area contributed by atoms with Crippen molar-refractivity contribution in [1.29, 1.82) is 0 Å². The van der Waals surface area contributed by atoms with Gasteiger partial charge in [0.1, 0.15) is 0 Å². The normalized spacial score (nSPS) is 13.3. The zero-order chi connectivity index (χ0) is 34.6. The zero-order valence-corrected chi connectivity index (χ0v) is 29.9. The summed E-state index contributed by atoms with van der Waals surface area (Å²) < 4.78 is 2.71. The summed E-state index contributed by atoms with van der Waals surface area (Å²) in [4.78, 5) is 0. The number of rotatable bonds is 3. The third-order valence-electron chi connectivity index (χ3n) is 11.6. The van der Waals surface area contributed by atoms with Crippen LogP contribution >= 0.6 is 11.3 Å². The van der Waals surface area contributed by atoms with Gasteiger partial charge in [-0.2, -0.15) is 0 Å². The first-order chi connectivity index (χ1) is 25.6. The fourth-order valence-electron chi connectivity index (χ4n) is 9.40. The van der Waals surface area contributed by atoms with Crippen LogP contribution in [0.25, 0.3) is 97.0 Å². The molecule has 9 aromatic carbocycles.